The predicted octanol–water partition coefficient (Wildman–Crippen LogP) is 3.24. The van der Waals surface area contributed by atoms with E-state index in [1.807, 2.05) is 0 Å². The molecule has 1 heterocycles. The van der Waals surface area contributed by atoms with Gasteiger partial charge in [-0.05, 0) is 24.3 Å². The van der Waals surface area contributed by atoms with E-state index in [-0.39, 0.29) is 17.1 Å². The second kappa shape index (κ2) is 6.33. The molecule has 8 heteroatoms. The molecule has 0 saturated heterocycles. The molecule has 1 aromatic carbocycles. The Balaban J connectivity index is 2.17. The summed E-state index contributed by atoms with van der Waals surface area (Å²) in [5.74, 6) is -0.875. The van der Waals surface area contributed by atoms with E-state index < -0.39 is 18.0 Å². The summed E-state index contributed by atoms with van der Waals surface area (Å²) in [4.78, 5) is 16.0. The Morgan fingerprint density at radius 3 is 2.68 bits per heavy atom. The second-order valence-corrected chi connectivity index (χ2v) is 4.09. The van der Waals surface area contributed by atoms with Gasteiger partial charge in [0.25, 0.3) is 5.91 Å². The normalized spacial score (nSPS) is 10.9. The van der Waals surface area contributed by atoms with E-state index in [1.54, 1.807) is 6.07 Å². The van der Waals surface area contributed by atoms with E-state index in [2.05, 4.69) is 15.0 Å². The topological polar surface area (TPSA) is 60.5 Å². The largest absolute Gasteiger partial charge is 0.573 e. The molecular formula is C14H11F3N2O3. The van der Waals surface area contributed by atoms with Crippen molar-refractivity contribution in [3.63, 3.8) is 0 Å². The first-order valence-electron chi connectivity index (χ1n) is 6.05. The van der Waals surface area contributed by atoms with E-state index in [0.29, 0.717) is 0 Å². The van der Waals surface area contributed by atoms with Crippen molar-refractivity contribution in [3.05, 3.63) is 48.2 Å². The number of anilines is 1. The number of ether oxygens (including phenoxy) is 2. The Bertz CT molecular complexity index is 674. The summed E-state index contributed by atoms with van der Waals surface area (Å²) in [6.45, 7) is 0. The summed E-state index contributed by atoms with van der Waals surface area (Å²) in [6.07, 6.45) is -3.34. The molecular weight excluding hydrogens is 301 g/mol. The third-order valence-corrected chi connectivity index (χ3v) is 2.53. The maximum atomic E-state index is 12.2. The molecule has 2 rings (SSSR count). The summed E-state index contributed by atoms with van der Waals surface area (Å²) >= 11 is 0. The van der Waals surface area contributed by atoms with Crippen LogP contribution in [0.5, 0.6) is 11.6 Å². The number of rotatable bonds is 4. The van der Waals surface area contributed by atoms with E-state index in [0.717, 1.165) is 12.1 Å². The average molecular weight is 312 g/mol. The number of hydrogen-bond acceptors (Lipinski definition) is 4. The third kappa shape index (κ3) is 4.11. The van der Waals surface area contributed by atoms with Gasteiger partial charge in [0.05, 0.1) is 7.11 Å². The van der Waals surface area contributed by atoms with Gasteiger partial charge in [0, 0.05) is 18.0 Å². The van der Waals surface area contributed by atoms with Gasteiger partial charge in [-0.25, -0.2) is 4.98 Å². The predicted molar refractivity (Wildman–Crippen MR) is 71.9 cm³/mol. The molecule has 1 amide bonds. The summed E-state index contributed by atoms with van der Waals surface area (Å²) in [6, 6.07) is 7.99. The first kappa shape index (κ1) is 15.6. The molecule has 0 atom stereocenters. The maximum Gasteiger partial charge on any atom is 0.573 e. The Hall–Kier alpha value is -2.77. The van der Waals surface area contributed by atoms with E-state index >= 15 is 0 Å². The molecule has 0 aliphatic heterocycles. The van der Waals surface area contributed by atoms with E-state index in [1.165, 1.54) is 31.5 Å². The number of hydrogen-bond donors (Lipinski definition) is 1. The van der Waals surface area contributed by atoms with Gasteiger partial charge in [-0.1, -0.05) is 6.07 Å². The second-order valence-electron chi connectivity index (χ2n) is 4.09. The lowest BCUT2D eigenvalue weighted by atomic mass is 10.2. The van der Waals surface area contributed by atoms with Gasteiger partial charge in [0.2, 0.25) is 5.88 Å². The molecule has 0 aliphatic carbocycles. The van der Waals surface area contributed by atoms with Crippen LogP contribution in [-0.2, 0) is 0 Å². The molecule has 1 N–H and O–H groups in total. The van der Waals surface area contributed by atoms with Crippen LogP contribution >= 0.6 is 0 Å². The van der Waals surface area contributed by atoms with Gasteiger partial charge in [-0.15, -0.1) is 13.2 Å². The van der Waals surface area contributed by atoms with Crippen LogP contribution < -0.4 is 14.8 Å². The van der Waals surface area contributed by atoms with Crippen LogP contribution in [0.2, 0.25) is 0 Å². The minimum atomic E-state index is -4.80. The number of nitrogens with zero attached hydrogens (tertiary/aromatic N) is 1. The molecule has 116 valence electrons. The summed E-state index contributed by atoms with van der Waals surface area (Å²) < 4.78 is 45.2. The van der Waals surface area contributed by atoms with Crippen molar-refractivity contribution in [2.75, 3.05) is 12.4 Å². The molecule has 0 aliphatic rings. The fraction of sp³-hybridized carbons (Fsp3) is 0.143. The average Bonchev–Trinajstić information content (AvgIpc) is 2.45. The van der Waals surface area contributed by atoms with Crippen molar-refractivity contribution in [2.24, 2.45) is 0 Å². The highest BCUT2D eigenvalue weighted by molar-refractivity contribution is 6.05. The lowest BCUT2D eigenvalue weighted by Crippen LogP contribution is -2.17. The molecule has 0 unspecified atom stereocenters. The van der Waals surface area contributed by atoms with Crippen LogP contribution in [0.25, 0.3) is 0 Å². The van der Waals surface area contributed by atoms with Gasteiger partial charge in [0.1, 0.15) is 11.3 Å². The van der Waals surface area contributed by atoms with Crippen LogP contribution in [0.3, 0.4) is 0 Å². The van der Waals surface area contributed by atoms with Crippen molar-refractivity contribution in [1.29, 1.82) is 0 Å². The van der Waals surface area contributed by atoms with Crippen LogP contribution in [-0.4, -0.2) is 24.4 Å². The van der Waals surface area contributed by atoms with Crippen LogP contribution in [0.15, 0.2) is 42.6 Å². The zero-order valence-corrected chi connectivity index (χ0v) is 11.3. The summed E-state index contributed by atoms with van der Waals surface area (Å²) in [5, 5.41) is 2.45. The van der Waals surface area contributed by atoms with Crippen LogP contribution in [0, 0.1) is 0 Å². The Kier molecular flexibility index (Phi) is 4.50. The Labute approximate surface area is 123 Å². The lowest BCUT2D eigenvalue weighted by molar-refractivity contribution is -0.274. The number of halogens is 3. The smallest absolute Gasteiger partial charge is 0.480 e. The molecule has 2 aromatic rings. The van der Waals surface area contributed by atoms with Crippen molar-refractivity contribution >= 4 is 11.6 Å². The molecule has 0 radical (unpaired) electrons. The van der Waals surface area contributed by atoms with Crippen molar-refractivity contribution in [2.45, 2.75) is 6.36 Å². The highest BCUT2D eigenvalue weighted by atomic mass is 19.4. The third-order valence-electron chi connectivity index (χ3n) is 2.53. The standard InChI is InChI=1S/C14H11F3N2O3/c1-21-13-11(6-3-7-18-13)12(20)19-9-4-2-5-10(8-9)22-14(15,16)17/h2-8H,1H3,(H,19,20). The van der Waals surface area contributed by atoms with Gasteiger partial charge in [-0.2, -0.15) is 0 Å². The minimum absolute atomic E-state index is 0.114. The highest BCUT2D eigenvalue weighted by Crippen LogP contribution is 2.25. The zero-order valence-electron chi connectivity index (χ0n) is 11.3. The number of carbonyl (C=O) groups excluding carboxylic acids is 1. The molecule has 5 nitrogen and oxygen atoms in total. The summed E-state index contributed by atoms with van der Waals surface area (Å²) in [7, 11) is 1.36. The number of alkyl halides is 3. The fourth-order valence-electron chi connectivity index (χ4n) is 1.70. The SMILES string of the molecule is COc1ncccc1C(=O)Nc1cccc(OC(F)(F)F)c1. The van der Waals surface area contributed by atoms with Crippen LogP contribution in [0.4, 0.5) is 18.9 Å². The van der Waals surface area contributed by atoms with Crippen molar-refractivity contribution < 1.29 is 27.4 Å². The van der Waals surface area contributed by atoms with Gasteiger partial charge < -0.3 is 14.8 Å². The first-order valence-corrected chi connectivity index (χ1v) is 6.05. The maximum absolute atomic E-state index is 12.2. The number of aromatic nitrogens is 1. The number of methoxy groups -OCH3 is 1. The monoisotopic (exact) mass is 312 g/mol. The van der Waals surface area contributed by atoms with Gasteiger partial charge in [0.15, 0.2) is 0 Å². The number of pyridine rings is 1. The van der Waals surface area contributed by atoms with E-state index in [4.69, 9.17) is 4.74 Å². The van der Waals surface area contributed by atoms with Crippen molar-refractivity contribution in [3.8, 4) is 11.6 Å². The Morgan fingerprint density at radius 2 is 2.00 bits per heavy atom. The molecule has 0 bridgehead atoms. The molecule has 0 fully saturated rings. The number of nitrogens with one attached hydrogen (secondary N) is 1. The van der Waals surface area contributed by atoms with Gasteiger partial charge in [-0.3, -0.25) is 4.79 Å². The Morgan fingerprint density at radius 1 is 1.23 bits per heavy atom. The van der Waals surface area contributed by atoms with Gasteiger partial charge >= 0.3 is 6.36 Å². The molecule has 22 heavy (non-hydrogen) atoms. The van der Waals surface area contributed by atoms with Crippen molar-refractivity contribution in [1.82, 2.24) is 4.98 Å². The van der Waals surface area contributed by atoms with E-state index in [9.17, 15) is 18.0 Å². The fourth-order valence-corrected chi connectivity index (χ4v) is 1.70. The lowest BCUT2D eigenvalue weighted by Gasteiger charge is -2.11. The number of amides is 1. The zero-order chi connectivity index (χ0) is 16.2. The molecule has 1 aromatic heterocycles. The quantitative estimate of drug-likeness (QED) is 0.941. The highest BCUT2D eigenvalue weighted by Gasteiger charge is 2.31. The molecule has 0 spiro atoms. The summed E-state index contributed by atoms with van der Waals surface area (Å²) in [5.41, 5.74) is 0.310. The van der Waals surface area contributed by atoms with Crippen LogP contribution in [0.1, 0.15) is 10.4 Å². The number of carbonyl (C=O) groups is 1. The number of benzene rings is 1. The molecule has 0 saturated carbocycles. The minimum Gasteiger partial charge on any atom is -0.480 e. The first-order chi connectivity index (χ1) is 10.4.